The summed E-state index contributed by atoms with van der Waals surface area (Å²) < 4.78 is 27.8. The van der Waals surface area contributed by atoms with Gasteiger partial charge in [-0.05, 0) is 41.0 Å². The van der Waals surface area contributed by atoms with Crippen LogP contribution in [0.1, 0.15) is 16.7 Å². The first-order chi connectivity index (χ1) is 21.1. The first-order valence-corrected chi connectivity index (χ1v) is 13.6. The molecule has 0 bridgehead atoms. The summed E-state index contributed by atoms with van der Waals surface area (Å²) in [4.78, 5) is 18.7. The summed E-state index contributed by atoms with van der Waals surface area (Å²) in [7, 11) is 0. The smallest absolute Gasteiger partial charge is 0.212 e. The zero-order valence-corrected chi connectivity index (χ0v) is 25.4. The Bertz CT molecular complexity index is 1770. The van der Waals surface area contributed by atoms with E-state index in [-0.39, 0.29) is 24.8 Å². The van der Waals surface area contributed by atoms with Crippen LogP contribution in [0.25, 0.3) is 22.5 Å². The summed E-state index contributed by atoms with van der Waals surface area (Å²) in [5, 5.41) is 0. The topological polar surface area (TPSA) is 72.3 Å². The molecule has 7 aromatic rings. The number of aromatic nitrogens is 6. The number of benzene rings is 3. The first kappa shape index (κ1) is 32.7. The van der Waals surface area contributed by atoms with Gasteiger partial charge in [0.05, 0.1) is 30.2 Å². The highest BCUT2D eigenvalue weighted by Gasteiger charge is 2.38. The molecule has 4 aromatic heterocycles. The third-order valence-corrected chi connectivity index (χ3v) is 7.10. The quantitative estimate of drug-likeness (QED) is 0.146. The van der Waals surface area contributed by atoms with Crippen molar-refractivity contribution in [3.63, 3.8) is 0 Å². The van der Waals surface area contributed by atoms with Crippen LogP contribution >= 0.6 is 24.8 Å². The van der Waals surface area contributed by atoms with Crippen LogP contribution in [0.4, 0.5) is 8.78 Å². The second kappa shape index (κ2) is 15.0. The number of hydrogen-bond donors (Lipinski definition) is 1. The molecule has 0 saturated carbocycles. The molecule has 3 aromatic carbocycles. The van der Waals surface area contributed by atoms with E-state index >= 15 is 0 Å². The van der Waals surface area contributed by atoms with E-state index in [4.69, 9.17) is 0 Å². The molecule has 226 valence electrons. The zero-order valence-electron chi connectivity index (χ0n) is 23.7. The predicted molar refractivity (Wildman–Crippen MR) is 176 cm³/mol. The average molecular weight is 642 g/mol. The van der Waals surface area contributed by atoms with Gasteiger partial charge in [-0.15, -0.1) is 24.8 Å². The Labute approximate surface area is 271 Å². The highest BCUT2D eigenvalue weighted by molar-refractivity contribution is 5.85. The van der Waals surface area contributed by atoms with Gasteiger partial charge in [-0.25, -0.2) is 19.9 Å². The van der Waals surface area contributed by atoms with Gasteiger partial charge in [-0.2, -0.15) is 8.78 Å². The van der Waals surface area contributed by atoms with E-state index in [0.717, 1.165) is 39.2 Å². The molecule has 0 aliphatic carbocycles. The van der Waals surface area contributed by atoms with Gasteiger partial charge >= 0.3 is 0 Å². The van der Waals surface area contributed by atoms with Crippen molar-refractivity contribution in [2.45, 2.75) is 5.54 Å². The van der Waals surface area contributed by atoms with Crippen LogP contribution in [0, 0.1) is 11.9 Å². The van der Waals surface area contributed by atoms with Crippen molar-refractivity contribution in [3.8, 4) is 22.5 Å². The van der Waals surface area contributed by atoms with E-state index in [1.54, 1.807) is 24.7 Å². The largest absolute Gasteiger partial charge is 0.345 e. The van der Waals surface area contributed by atoms with Gasteiger partial charge in [0, 0.05) is 29.7 Å². The molecule has 45 heavy (non-hydrogen) atoms. The number of imidazole rings is 2. The Morgan fingerprint density at radius 1 is 0.556 bits per heavy atom. The fourth-order valence-electron chi connectivity index (χ4n) is 5.12. The van der Waals surface area contributed by atoms with Crippen LogP contribution in [0.2, 0.25) is 0 Å². The van der Waals surface area contributed by atoms with E-state index in [2.05, 4.69) is 102 Å². The zero-order chi connectivity index (χ0) is 29.5. The molecule has 0 amide bonds. The lowest BCUT2D eigenvalue weighted by Crippen LogP contribution is -2.36. The van der Waals surface area contributed by atoms with Gasteiger partial charge in [0.2, 0.25) is 11.9 Å². The third-order valence-electron chi connectivity index (χ3n) is 7.10. The number of hydrogen-bond acceptors (Lipinski definition) is 4. The van der Waals surface area contributed by atoms with Gasteiger partial charge in [-0.3, -0.25) is 0 Å². The Morgan fingerprint density at radius 3 is 1.47 bits per heavy atom. The maximum atomic E-state index is 13.3. The molecule has 0 aliphatic heterocycles. The summed E-state index contributed by atoms with van der Waals surface area (Å²) >= 11 is 0. The lowest BCUT2D eigenvalue weighted by atomic mass is 9.77. The monoisotopic (exact) mass is 640 g/mol. The molecular formula is C35H28Cl2F2N6. The summed E-state index contributed by atoms with van der Waals surface area (Å²) in [6.07, 6.45) is 10.0. The first-order valence-electron chi connectivity index (χ1n) is 13.6. The second-order valence-corrected chi connectivity index (χ2v) is 9.68. The molecule has 7 rings (SSSR count). The highest BCUT2D eigenvalue weighted by atomic mass is 35.5. The van der Waals surface area contributed by atoms with Crippen molar-refractivity contribution >= 4 is 24.8 Å². The fraction of sp³-hybridized carbons (Fsp3) is 0.0286. The molecular weight excluding hydrogens is 613 g/mol. The molecule has 0 spiro atoms. The summed E-state index contributed by atoms with van der Waals surface area (Å²) in [6, 6.07) is 37.2. The van der Waals surface area contributed by atoms with Gasteiger partial charge in [0.15, 0.2) is 0 Å². The van der Waals surface area contributed by atoms with Crippen molar-refractivity contribution in [2.24, 2.45) is 0 Å². The molecule has 0 aliphatic rings. The van der Waals surface area contributed by atoms with Crippen molar-refractivity contribution < 1.29 is 8.78 Å². The lowest BCUT2D eigenvalue weighted by molar-refractivity contribution is 0.515. The Morgan fingerprint density at radius 2 is 1.04 bits per heavy atom. The molecule has 0 saturated heterocycles. The summed E-state index contributed by atoms with van der Waals surface area (Å²) in [5.41, 5.74) is 5.90. The van der Waals surface area contributed by atoms with Crippen LogP contribution in [-0.2, 0) is 5.54 Å². The molecule has 0 radical (unpaired) electrons. The minimum atomic E-state index is -0.623. The van der Waals surface area contributed by atoms with Crippen LogP contribution in [0.15, 0.2) is 153 Å². The Hall–Kier alpha value is -5.18. The maximum Gasteiger partial charge on any atom is 0.212 e. The lowest BCUT2D eigenvalue weighted by Gasteiger charge is -2.37. The van der Waals surface area contributed by atoms with Crippen molar-refractivity contribution in [2.75, 3.05) is 0 Å². The number of H-pyrrole nitrogens is 1. The number of rotatable bonds is 6. The number of pyridine rings is 2. The summed E-state index contributed by atoms with van der Waals surface area (Å²) in [6.45, 7) is 0. The number of nitrogens with zero attached hydrogens (tertiary/aromatic N) is 5. The normalized spacial score (nSPS) is 10.5. The van der Waals surface area contributed by atoms with E-state index in [9.17, 15) is 8.78 Å². The van der Waals surface area contributed by atoms with Crippen LogP contribution in [0.3, 0.4) is 0 Å². The van der Waals surface area contributed by atoms with Gasteiger partial charge < -0.3 is 9.55 Å². The van der Waals surface area contributed by atoms with Crippen LogP contribution < -0.4 is 0 Å². The highest BCUT2D eigenvalue weighted by Crippen LogP contribution is 2.41. The number of nitrogens with one attached hydrogen (secondary N) is 1. The second-order valence-electron chi connectivity index (χ2n) is 9.68. The fourth-order valence-corrected chi connectivity index (χ4v) is 5.12. The average Bonchev–Trinajstić information content (AvgIpc) is 3.78. The van der Waals surface area contributed by atoms with E-state index in [0.29, 0.717) is 0 Å². The summed E-state index contributed by atoms with van der Waals surface area (Å²) in [5.74, 6) is -0.978. The minimum Gasteiger partial charge on any atom is -0.345 e. The van der Waals surface area contributed by atoms with Gasteiger partial charge in [0.25, 0.3) is 0 Å². The van der Waals surface area contributed by atoms with Crippen molar-refractivity contribution in [1.82, 2.24) is 29.5 Å². The van der Waals surface area contributed by atoms with Crippen LogP contribution in [0.5, 0.6) is 0 Å². The molecule has 0 unspecified atom stereocenters. The maximum absolute atomic E-state index is 13.3. The van der Waals surface area contributed by atoms with Crippen molar-refractivity contribution in [3.05, 3.63) is 181 Å². The molecule has 10 heteroatoms. The number of aromatic amines is 1. The van der Waals surface area contributed by atoms with Crippen molar-refractivity contribution in [1.29, 1.82) is 0 Å². The predicted octanol–water partition coefficient (Wildman–Crippen LogP) is 8.38. The van der Waals surface area contributed by atoms with E-state index in [1.807, 2.05) is 30.7 Å². The van der Waals surface area contributed by atoms with E-state index < -0.39 is 17.4 Å². The van der Waals surface area contributed by atoms with Gasteiger partial charge in [0.1, 0.15) is 5.54 Å². The van der Waals surface area contributed by atoms with Crippen LogP contribution in [-0.4, -0.2) is 29.5 Å². The number of halogens is 4. The molecule has 0 fully saturated rings. The SMILES string of the molecule is Cl.Cl.Fc1ccc(-c2cn(C(c3ccccc3)(c3ccccc3)c3ccccc3)cn2)cn1.Fc1ccc(-c2cnc[nH]2)cn1. The van der Waals surface area contributed by atoms with Gasteiger partial charge in [-0.1, -0.05) is 91.0 Å². The molecule has 4 heterocycles. The Kier molecular flexibility index (Phi) is 10.9. The molecule has 1 N–H and O–H groups in total. The third kappa shape index (κ3) is 6.98. The minimum absolute atomic E-state index is 0. The molecule has 0 atom stereocenters. The van der Waals surface area contributed by atoms with E-state index in [1.165, 1.54) is 24.5 Å². The standard InChI is InChI=1S/C27H20FN3.C8H6FN3.2ClH/c28-26-17-16-21(18-29-26)25-19-31(20-30-25)27(22-10-4-1-5-11-22,23-12-6-2-7-13-23)24-14-8-3-9-15-24;9-8-2-1-6(3-11-8)7-4-10-5-12-7;;/h1-20H;1-5H,(H,10,12);2*1H. The molecule has 6 nitrogen and oxygen atoms in total. The Balaban J connectivity index is 0.000000278.